The van der Waals surface area contributed by atoms with Gasteiger partial charge in [-0.2, -0.15) is 0 Å². The van der Waals surface area contributed by atoms with Crippen LogP contribution in [0.3, 0.4) is 0 Å². The third-order valence-corrected chi connectivity index (χ3v) is 3.97. The van der Waals surface area contributed by atoms with E-state index in [-0.39, 0.29) is 5.69 Å². The topological polar surface area (TPSA) is 73.3 Å². The third kappa shape index (κ3) is 3.43. The van der Waals surface area contributed by atoms with Crippen LogP contribution in [0, 0.1) is 0 Å². The summed E-state index contributed by atoms with van der Waals surface area (Å²) in [4.78, 5) is 20.9. The Bertz CT molecular complexity index is 763. The number of ether oxygens (including phenoxy) is 2. The van der Waals surface area contributed by atoms with Crippen molar-refractivity contribution in [2.24, 2.45) is 0 Å². The fraction of sp³-hybridized carbons (Fsp3) is 0.353. The highest BCUT2D eigenvalue weighted by atomic mass is 35.5. The summed E-state index contributed by atoms with van der Waals surface area (Å²) in [6.07, 6.45) is 3.84. The van der Waals surface area contributed by atoms with Crippen LogP contribution in [0.5, 0.6) is 5.75 Å². The summed E-state index contributed by atoms with van der Waals surface area (Å²) in [5, 5.41) is 3.56. The molecular formula is C17H18ClN3O3. The second-order valence-corrected chi connectivity index (χ2v) is 5.84. The van der Waals surface area contributed by atoms with Crippen LogP contribution in [0.25, 0.3) is 0 Å². The molecule has 2 aromatic rings. The Labute approximate surface area is 145 Å². The van der Waals surface area contributed by atoms with E-state index < -0.39 is 5.97 Å². The maximum atomic E-state index is 12.1. The van der Waals surface area contributed by atoms with Gasteiger partial charge in [-0.3, -0.25) is 0 Å². The fourth-order valence-electron chi connectivity index (χ4n) is 2.33. The van der Waals surface area contributed by atoms with Crippen molar-refractivity contribution in [3.63, 3.8) is 0 Å². The SMILES string of the molecule is CCOc1c(Cl)cccc1Nc1ncc(C2CC2)nc1C(=O)OC. The first kappa shape index (κ1) is 16.5. The van der Waals surface area contributed by atoms with Gasteiger partial charge in [0.15, 0.2) is 17.3 Å². The van der Waals surface area contributed by atoms with Gasteiger partial charge >= 0.3 is 5.97 Å². The summed E-state index contributed by atoms with van der Waals surface area (Å²) in [6.45, 7) is 2.34. The van der Waals surface area contributed by atoms with Gasteiger partial charge in [0.2, 0.25) is 0 Å². The summed E-state index contributed by atoms with van der Waals surface area (Å²) in [7, 11) is 1.32. The first-order valence-electron chi connectivity index (χ1n) is 7.77. The normalized spacial score (nSPS) is 13.5. The molecule has 0 bridgehead atoms. The average Bonchev–Trinajstić information content (AvgIpc) is 3.42. The van der Waals surface area contributed by atoms with Gasteiger partial charge in [-0.15, -0.1) is 0 Å². The number of para-hydroxylation sites is 1. The number of carbonyl (C=O) groups excluding carboxylic acids is 1. The lowest BCUT2D eigenvalue weighted by Crippen LogP contribution is -2.12. The smallest absolute Gasteiger partial charge is 0.360 e. The van der Waals surface area contributed by atoms with Crippen LogP contribution >= 0.6 is 11.6 Å². The lowest BCUT2D eigenvalue weighted by atomic mass is 10.2. The molecule has 0 radical (unpaired) electrons. The second-order valence-electron chi connectivity index (χ2n) is 5.43. The summed E-state index contributed by atoms with van der Waals surface area (Å²) >= 11 is 6.19. The number of methoxy groups -OCH3 is 1. The Morgan fingerprint density at radius 3 is 2.88 bits per heavy atom. The molecular weight excluding hydrogens is 330 g/mol. The Balaban J connectivity index is 1.97. The highest BCUT2D eigenvalue weighted by Gasteiger charge is 2.28. The number of carbonyl (C=O) groups is 1. The molecule has 0 unspecified atom stereocenters. The molecule has 0 spiro atoms. The molecule has 0 atom stereocenters. The van der Waals surface area contributed by atoms with E-state index in [9.17, 15) is 4.79 Å². The Morgan fingerprint density at radius 2 is 2.21 bits per heavy atom. The van der Waals surface area contributed by atoms with Crippen LogP contribution in [-0.2, 0) is 4.74 Å². The van der Waals surface area contributed by atoms with Gasteiger partial charge < -0.3 is 14.8 Å². The van der Waals surface area contributed by atoms with Crippen molar-refractivity contribution in [2.75, 3.05) is 19.0 Å². The van der Waals surface area contributed by atoms with Crippen LogP contribution in [-0.4, -0.2) is 29.7 Å². The fourth-order valence-corrected chi connectivity index (χ4v) is 2.56. The van der Waals surface area contributed by atoms with E-state index in [2.05, 4.69) is 15.3 Å². The molecule has 1 aliphatic rings. The van der Waals surface area contributed by atoms with Crippen molar-refractivity contribution < 1.29 is 14.3 Å². The summed E-state index contributed by atoms with van der Waals surface area (Å²) in [6, 6.07) is 5.33. The molecule has 1 saturated carbocycles. The van der Waals surface area contributed by atoms with Crippen molar-refractivity contribution in [1.82, 2.24) is 9.97 Å². The molecule has 7 heteroatoms. The van der Waals surface area contributed by atoms with E-state index in [1.54, 1.807) is 24.4 Å². The molecule has 24 heavy (non-hydrogen) atoms. The van der Waals surface area contributed by atoms with Gasteiger partial charge in [-0.1, -0.05) is 17.7 Å². The molecule has 6 nitrogen and oxygen atoms in total. The average molecular weight is 348 g/mol. The van der Waals surface area contributed by atoms with E-state index in [1.165, 1.54) is 7.11 Å². The Kier molecular flexibility index (Phi) is 4.85. The first-order chi connectivity index (χ1) is 11.6. The molecule has 1 fully saturated rings. The zero-order valence-electron chi connectivity index (χ0n) is 13.5. The number of halogens is 1. The van der Waals surface area contributed by atoms with Gasteiger partial charge in [-0.05, 0) is 31.9 Å². The van der Waals surface area contributed by atoms with Crippen LogP contribution in [0.2, 0.25) is 5.02 Å². The van der Waals surface area contributed by atoms with Gasteiger partial charge in [0.1, 0.15) is 0 Å². The van der Waals surface area contributed by atoms with Crippen LogP contribution in [0.4, 0.5) is 11.5 Å². The molecule has 0 saturated heterocycles. The van der Waals surface area contributed by atoms with E-state index in [4.69, 9.17) is 21.1 Å². The molecule has 1 N–H and O–H groups in total. The number of nitrogens with zero attached hydrogens (tertiary/aromatic N) is 2. The number of benzene rings is 1. The minimum Gasteiger partial charge on any atom is -0.490 e. The quantitative estimate of drug-likeness (QED) is 0.798. The lowest BCUT2D eigenvalue weighted by Gasteiger charge is -2.15. The van der Waals surface area contributed by atoms with Crippen LogP contribution in [0.1, 0.15) is 41.9 Å². The van der Waals surface area contributed by atoms with Crippen LogP contribution in [0.15, 0.2) is 24.4 Å². The van der Waals surface area contributed by atoms with Gasteiger partial charge in [0.05, 0.1) is 36.3 Å². The standard InChI is InChI=1S/C17H18ClN3O3/c1-3-24-15-11(18)5-4-6-12(15)21-16-14(17(22)23-2)20-13(9-19-16)10-7-8-10/h4-6,9-10H,3,7-8H2,1-2H3,(H,19,21). The second kappa shape index (κ2) is 7.05. The van der Waals surface area contributed by atoms with Crippen LogP contribution < -0.4 is 10.1 Å². The monoisotopic (exact) mass is 347 g/mol. The molecule has 0 amide bonds. The minimum atomic E-state index is -0.535. The van der Waals surface area contributed by atoms with Crippen molar-refractivity contribution in [3.05, 3.63) is 40.8 Å². The predicted octanol–water partition coefficient (Wildman–Crippen LogP) is 3.94. The third-order valence-electron chi connectivity index (χ3n) is 3.67. The zero-order chi connectivity index (χ0) is 17.1. The number of rotatable bonds is 6. The van der Waals surface area contributed by atoms with Gasteiger partial charge in [0.25, 0.3) is 0 Å². The maximum Gasteiger partial charge on any atom is 0.360 e. The molecule has 3 rings (SSSR count). The van der Waals surface area contributed by atoms with Crippen molar-refractivity contribution in [1.29, 1.82) is 0 Å². The predicted molar refractivity (Wildman–Crippen MR) is 91.3 cm³/mol. The number of nitrogens with one attached hydrogen (secondary N) is 1. The van der Waals surface area contributed by atoms with Crippen molar-refractivity contribution in [3.8, 4) is 5.75 Å². The summed E-state index contributed by atoms with van der Waals surface area (Å²) in [5.41, 5.74) is 1.59. The Hall–Kier alpha value is -2.34. The first-order valence-corrected chi connectivity index (χ1v) is 8.15. The highest BCUT2D eigenvalue weighted by Crippen LogP contribution is 2.40. The largest absolute Gasteiger partial charge is 0.490 e. The van der Waals surface area contributed by atoms with E-state index in [0.29, 0.717) is 34.8 Å². The van der Waals surface area contributed by atoms with E-state index >= 15 is 0 Å². The van der Waals surface area contributed by atoms with E-state index in [1.807, 2.05) is 6.92 Å². The Morgan fingerprint density at radius 1 is 1.42 bits per heavy atom. The number of hydrogen-bond acceptors (Lipinski definition) is 6. The lowest BCUT2D eigenvalue weighted by molar-refractivity contribution is 0.0594. The molecule has 1 aromatic carbocycles. The minimum absolute atomic E-state index is 0.157. The number of aromatic nitrogens is 2. The van der Waals surface area contributed by atoms with Gasteiger partial charge in [0, 0.05) is 5.92 Å². The molecule has 126 valence electrons. The number of anilines is 2. The molecule has 0 aliphatic heterocycles. The number of esters is 1. The summed E-state index contributed by atoms with van der Waals surface area (Å²) < 4.78 is 10.4. The molecule has 1 heterocycles. The zero-order valence-corrected chi connectivity index (χ0v) is 14.3. The maximum absolute atomic E-state index is 12.1. The summed E-state index contributed by atoms with van der Waals surface area (Å²) in [5.74, 6) is 0.674. The van der Waals surface area contributed by atoms with Crippen molar-refractivity contribution >= 4 is 29.1 Å². The highest BCUT2D eigenvalue weighted by molar-refractivity contribution is 6.32. The van der Waals surface area contributed by atoms with Crippen molar-refractivity contribution in [2.45, 2.75) is 25.7 Å². The molecule has 1 aromatic heterocycles. The molecule has 1 aliphatic carbocycles. The van der Waals surface area contributed by atoms with Gasteiger partial charge in [-0.25, -0.2) is 14.8 Å². The van der Waals surface area contributed by atoms with E-state index in [0.717, 1.165) is 18.5 Å². The number of hydrogen-bond donors (Lipinski definition) is 1.